The van der Waals surface area contributed by atoms with Crippen molar-refractivity contribution in [2.75, 3.05) is 37.7 Å². The lowest BCUT2D eigenvalue weighted by Gasteiger charge is -2.72. The van der Waals surface area contributed by atoms with E-state index in [4.69, 9.17) is 0 Å². The van der Waals surface area contributed by atoms with Gasteiger partial charge in [0.05, 0.1) is 17.1 Å². The fourth-order valence-corrected chi connectivity index (χ4v) is 14.8. The molecule has 1 heterocycles. The molecule has 7 rings (SSSR count). The summed E-state index contributed by atoms with van der Waals surface area (Å²) in [5, 5.41) is 13.6. The van der Waals surface area contributed by atoms with E-state index >= 15 is 0 Å². The van der Waals surface area contributed by atoms with Crippen molar-refractivity contribution in [3.63, 3.8) is 0 Å². The Kier molecular flexibility index (Phi) is 8.75. The Bertz CT molecular complexity index is 1700. The summed E-state index contributed by atoms with van der Waals surface area (Å²) in [4.78, 5) is 28.6. The van der Waals surface area contributed by atoms with Crippen LogP contribution in [-0.2, 0) is 14.6 Å². The molecule has 5 fully saturated rings. The van der Waals surface area contributed by atoms with Crippen LogP contribution in [-0.4, -0.2) is 73.4 Å². The third-order valence-electron chi connectivity index (χ3n) is 16.3. The molecule has 0 amide bonds. The van der Waals surface area contributed by atoms with E-state index in [0.717, 1.165) is 62.8 Å². The summed E-state index contributed by atoms with van der Waals surface area (Å²) in [6.45, 7) is 21.9. The zero-order valence-electron chi connectivity index (χ0n) is 31.3. The second kappa shape index (κ2) is 12.1. The molecule has 50 heavy (non-hydrogen) atoms. The highest BCUT2D eigenvalue weighted by atomic mass is 32.2. The molecule has 0 unspecified atom stereocenters. The molecule has 0 aromatic heterocycles. The number of carboxylic acid groups (broad SMARTS) is 1. The summed E-state index contributed by atoms with van der Waals surface area (Å²) in [7, 11) is -2.88. The Morgan fingerprint density at radius 3 is 2.24 bits per heavy atom. The van der Waals surface area contributed by atoms with E-state index in [1.165, 1.54) is 18.4 Å². The number of sulfone groups is 1. The molecule has 0 spiro atoms. The third kappa shape index (κ3) is 5.27. The molecule has 1 aromatic rings. The molecule has 4 saturated carbocycles. The normalized spacial score (nSPS) is 42.0. The first-order valence-corrected chi connectivity index (χ1v) is 21.2. The highest BCUT2D eigenvalue weighted by Gasteiger charge is 2.71. The van der Waals surface area contributed by atoms with Gasteiger partial charge in [0, 0.05) is 37.1 Å². The summed E-state index contributed by atoms with van der Waals surface area (Å²) < 4.78 is 24.0. The van der Waals surface area contributed by atoms with Crippen LogP contribution in [0.1, 0.15) is 109 Å². The van der Waals surface area contributed by atoms with E-state index in [0.29, 0.717) is 36.8 Å². The lowest BCUT2D eigenvalue weighted by molar-refractivity contribution is -0.216. The van der Waals surface area contributed by atoms with Crippen LogP contribution in [0.15, 0.2) is 42.5 Å². The highest BCUT2D eigenvalue weighted by Crippen LogP contribution is 2.76. The number of carboxylic acids is 1. The molecule has 6 aliphatic rings. The number of nitrogens with one attached hydrogen (secondary N) is 1. The van der Waals surface area contributed by atoms with Crippen molar-refractivity contribution < 1.29 is 23.1 Å². The maximum Gasteiger partial charge on any atom is 0.335 e. The van der Waals surface area contributed by atoms with Crippen LogP contribution in [0, 0.1) is 51.2 Å². The molecule has 1 saturated heterocycles. The number of fused-ring (bicyclic) bond motifs is 7. The molecule has 1 aromatic carbocycles. The molecule has 274 valence electrons. The van der Waals surface area contributed by atoms with E-state index in [1.54, 1.807) is 12.1 Å². The molecule has 0 bridgehead atoms. The molecule has 9 atom stereocenters. The Labute approximate surface area is 300 Å². The van der Waals surface area contributed by atoms with Crippen LogP contribution >= 0.6 is 0 Å². The standard InChI is InChI=1S/C42H60N2O5S/c1-27(2)30-14-17-42(43-20-21-44-22-24-50(48,49)25-23-44)19-18-39(5)31(36(30)42)12-13-34-40(39,6)16-15-33-38(3,4)32(26-35(45)41(33,34)7)28-8-10-29(11-9-28)37(46)47/h8-11,26,30-31,33-34,36,43H,1,12-25H2,2-7H3,(H,46,47)/t30-,31+,33-,34-,36+,39+,40+,41-,42-/m0/s1. The van der Waals surface area contributed by atoms with Crippen LogP contribution in [0.2, 0.25) is 0 Å². The molecule has 1 aliphatic heterocycles. The lowest BCUT2D eigenvalue weighted by Crippen LogP contribution is -2.69. The van der Waals surface area contributed by atoms with Gasteiger partial charge < -0.3 is 15.3 Å². The van der Waals surface area contributed by atoms with Gasteiger partial charge in [0.25, 0.3) is 0 Å². The van der Waals surface area contributed by atoms with Crippen molar-refractivity contribution in [2.45, 2.75) is 98.4 Å². The molecule has 7 nitrogen and oxygen atoms in total. The monoisotopic (exact) mass is 704 g/mol. The predicted molar refractivity (Wildman–Crippen MR) is 200 cm³/mol. The van der Waals surface area contributed by atoms with E-state index < -0.39 is 21.2 Å². The van der Waals surface area contributed by atoms with Crippen LogP contribution < -0.4 is 5.32 Å². The first kappa shape index (κ1) is 36.1. The van der Waals surface area contributed by atoms with Crippen molar-refractivity contribution in [2.24, 2.45) is 51.2 Å². The fourth-order valence-electron chi connectivity index (χ4n) is 13.5. The quantitative estimate of drug-likeness (QED) is 0.288. The smallest absolute Gasteiger partial charge is 0.335 e. The van der Waals surface area contributed by atoms with Crippen molar-refractivity contribution in [1.82, 2.24) is 10.2 Å². The van der Waals surface area contributed by atoms with Gasteiger partial charge >= 0.3 is 5.97 Å². The maximum atomic E-state index is 14.7. The van der Waals surface area contributed by atoms with Crippen molar-refractivity contribution in [1.29, 1.82) is 0 Å². The van der Waals surface area contributed by atoms with Gasteiger partial charge in [-0.05, 0) is 133 Å². The average molecular weight is 705 g/mol. The van der Waals surface area contributed by atoms with E-state index in [2.05, 4.69) is 58.3 Å². The van der Waals surface area contributed by atoms with Gasteiger partial charge in [-0.2, -0.15) is 0 Å². The number of hydrogen-bond acceptors (Lipinski definition) is 6. The first-order valence-electron chi connectivity index (χ1n) is 19.3. The number of carbonyl (C=O) groups excluding carboxylic acids is 1. The van der Waals surface area contributed by atoms with Gasteiger partial charge in [0.1, 0.15) is 0 Å². The summed E-state index contributed by atoms with van der Waals surface area (Å²) in [5.41, 5.74) is 3.12. The number of hydrogen-bond donors (Lipinski definition) is 2. The largest absolute Gasteiger partial charge is 0.478 e. The number of aromatic carboxylic acids is 1. The Morgan fingerprint density at radius 2 is 1.60 bits per heavy atom. The number of carbonyl (C=O) groups is 2. The van der Waals surface area contributed by atoms with Crippen LogP contribution in [0.5, 0.6) is 0 Å². The Morgan fingerprint density at radius 1 is 0.920 bits per heavy atom. The minimum absolute atomic E-state index is 0.0368. The lowest BCUT2D eigenvalue weighted by atomic mass is 9.32. The zero-order valence-corrected chi connectivity index (χ0v) is 32.1. The first-order chi connectivity index (χ1) is 23.4. The van der Waals surface area contributed by atoms with Gasteiger partial charge in [0.15, 0.2) is 15.6 Å². The molecule has 0 radical (unpaired) electrons. The maximum absolute atomic E-state index is 14.7. The number of rotatable bonds is 7. The zero-order chi connectivity index (χ0) is 36.1. The minimum Gasteiger partial charge on any atom is -0.478 e. The second-order valence-electron chi connectivity index (χ2n) is 18.6. The van der Waals surface area contributed by atoms with Gasteiger partial charge in [-0.15, -0.1) is 0 Å². The van der Waals surface area contributed by atoms with Crippen LogP contribution in [0.3, 0.4) is 0 Å². The second-order valence-corrected chi connectivity index (χ2v) is 20.9. The van der Waals surface area contributed by atoms with E-state index in [1.807, 2.05) is 18.2 Å². The van der Waals surface area contributed by atoms with Gasteiger partial charge in [0.2, 0.25) is 0 Å². The van der Waals surface area contributed by atoms with Gasteiger partial charge in [-0.25, -0.2) is 13.2 Å². The predicted octanol–water partition coefficient (Wildman–Crippen LogP) is 7.29. The van der Waals surface area contributed by atoms with Crippen LogP contribution in [0.25, 0.3) is 5.57 Å². The Hall–Kier alpha value is -2.29. The number of allylic oxidation sites excluding steroid dienone is 3. The van der Waals surface area contributed by atoms with E-state index in [9.17, 15) is 23.1 Å². The van der Waals surface area contributed by atoms with E-state index in [-0.39, 0.29) is 50.6 Å². The number of ketones is 1. The third-order valence-corrected chi connectivity index (χ3v) is 18.0. The van der Waals surface area contributed by atoms with Crippen molar-refractivity contribution in [3.8, 4) is 0 Å². The molecular formula is C42H60N2O5S. The summed E-state index contributed by atoms with van der Waals surface area (Å²) >= 11 is 0. The molecular weight excluding hydrogens is 645 g/mol. The highest BCUT2D eigenvalue weighted by molar-refractivity contribution is 7.91. The van der Waals surface area contributed by atoms with Crippen LogP contribution in [0.4, 0.5) is 0 Å². The number of benzene rings is 1. The molecule has 2 N–H and O–H groups in total. The van der Waals surface area contributed by atoms with Crippen molar-refractivity contribution >= 4 is 27.2 Å². The van der Waals surface area contributed by atoms with Gasteiger partial charge in [-0.1, -0.05) is 58.9 Å². The summed E-state index contributed by atoms with van der Waals surface area (Å²) in [6, 6.07) is 7.08. The molecule has 5 aliphatic carbocycles. The fraction of sp³-hybridized carbons (Fsp3) is 0.714. The average Bonchev–Trinajstić information content (AvgIpc) is 3.44. The Balaban J connectivity index is 1.17. The van der Waals surface area contributed by atoms with Crippen molar-refractivity contribution in [3.05, 3.63) is 53.6 Å². The topological polar surface area (TPSA) is 104 Å². The SMILES string of the molecule is C=C(C)[C@@H]1CC[C@]2(NCCN3CCS(=O)(=O)CC3)CC[C@]3(C)[C@H](CC[C@@H]4[C@@]5(C)C(=O)C=C(c6ccc(C(=O)O)cc6)C(C)(C)[C@@H]5CC[C@]43C)[C@@H]12. The summed E-state index contributed by atoms with van der Waals surface area (Å²) in [6.07, 6.45) is 10.9. The molecule has 8 heteroatoms. The summed E-state index contributed by atoms with van der Waals surface area (Å²) in [5.74, 6) is 1.95. The number of nitrogens with zero attached hydrogens (tertiary/aromatic N) is 1. The minimum atomic E-state index is -2.88. The van der Waals surface area contributed by atoms with Gasteiger partial charge in [-0.3, -0.25) is 4.79 Å².